The monoisotopic (exact) mass is 393 g/mol. The number of aryl methyl sites for hydroxylation is 1. The number of hydrogen-bond acceptors (Lipinski definition) is 5. The van der Waals surface area contributed by atoms with Gasteiger partial charge in [0.15, 0.2) is 0 Å². The molecule has 1 aliphatic carbocycles. The highest BCUT2D eigenvalue weighted by atomic mass is 15.2. The minimum absolute atomic E-state index is 0.438. The van der Waals surface area contributed by atoms with Crippen LogP contribution in [0.4, 0.5) is 5.82 Å². The summed E-state index contributed by atoms with van der Waals surface area (Å²) in [5, 5.41) is 12.3. The van der Waals surface area contributed by atoms with Crippen LogP contribution >= 0.6 is 0 Å². The highest BCUT2D eigenvalue weighted by molar-refractivity contribution is 5.62. The predicted octanol–water partition coefficient (Wildman–Crippen LogP) is 4.80. The summed E-state index contributed by atoms with van der Waals surface area (Å²) in [6.07, 6.45) is 9.03. The van der Waals surface area contributed by atoms with E-state index in [1.165, 1.54) is 50.9 Å². The molecule has 0 bridgehead atoms. The van der Waals surface area contributed by atoms with Crippen molar-refractivity contribution in [1.82, 2.24) is 20.1 Å². The van der Waals surface area contributed by atoms with E-state index in [4.69, 9.17) is 0 Å². The van der Waals surface area contributed by atoms with Crippen LogP contribution in [0, 0.1) is 23.7 Å². The molecular weight excluding hydrogens is 358 g/mol. The van der Waals surface area contributed by atoms with Crippen molar-refractivity contribution in [2.45, 2.75) is 53.4 Å². The summed E-state index contributed by atoms with van der Waals surface area (Å²) in [7, 11) is 0. The van der Waals surface area contributed by atoms with Gasteiger partial charge in [-0.05, 0) is 92.8 Å². The van der Waals surface area contributed by atoms with Crippen molar-refractivity contribution in [1.29, 1.82) is 0 Å². The zero-order valence-corrected chi connectivity index (χ0v) is 18.4. The van der Waals surface area contributed by atoms with Crippen LogP contribution in [0.5, 0.6) is 0 Å². The van der Waals surface area contributed by atoms with Gasteiger partial charge in [0.25, 0.3) is 0 Å². The summed E-state index contributed by atoms with van der Waals surface area (Å²) in [6.45, 7) is 13.9. The molecule has 1 unspecified atom stereocenters. The summed E-state index contributed by atoms with van der Waals surface area (Å²) >= 11 is 0. The third kappa shape index (κ3) is 4.95. The van der Waals surface area contributed by atoms with Gasteiger partial charge in [-0.25, -0.2) is 0 Å². The third-order valence-corrected chi connectivity index (χ3v) is 6.90. The number of anilines is 1. The molecule has 2 aromatic heterocycles. The van der Waals surface area contributed by atoms with E-state index in [1.54, 1.807) is 0 Å². The van der Waals surface area contributed by atoms with Gasteiger partial charge >= 0.3 is 0 Å². The Hall–Kier alpha value is -2.01. The Morgan fingerprint density at radius 2 is 1.93 bits per heavy atom. The molecule has 3 heterocycles. The van der Waals surface area contributed by atoms with E-state index in [1.807, 2.05) is 30.6 Å². The second kappa shape index (κ2) is 8.02. The molecule has 1 saturated carbocycles. The first-order chi connectivity index (χ1) is 13.8. The van der Waals surface area contributed by atoms with Crippen LogP contribution < -0.4 is 5.32 Å². The van der Waals surface area contributed by atoms with Gasteiger partial charge in [-0.2, -0.15) is 0 Å². The lowest BCUT2D eigenvalue weighted by atomic mass is 9.88. The Bertz CT molecular complexity index is 816. The average molecular weight is 394 g/mol. The lowest BCUT2D eigenvalue weighted by molar-refractivity contribution is 0.147. The molecule has 1 aliphatic heterocycles. The van der Waals surface area contributed by atoms with Crippen LogP contribution in [0.3, 0.4) is 0 Å². The number of aromatic nitrogens is 3. The van der Waals surface area contributed by atoms with Crippen molar-refractivity contribution in [3.8, 4) is 11.3 Å². The molecule has 0 aromatic carbocycles. The second-order valence-corrected chi connectivity index (χ2v) is 10.3. The summed E-state index contributed by atoms with van der Waals surface area (Å²) in [5.41, 5.74) is 4.13. The van der Waals surface area contributed by atoms with Gasteiger partial charge in [0, 0.05) is 24.5 Å². The molecule has 5 heteroatoms. The van der Waals surface area contributed by atoms with Crippen molar-refractivity contribution < 1.29 is 0 Å². The minimum atomic E-state index is 0.438. The third-order valence-electron chi connectivity index (χ3n) is 6.90. The first-order valence-electron chi connectivity index (χ1n) is 11.1. The highest BCUT2D eigenvalue weighted by Crippen LogP contribution is 2.59. The first-order valence-corrected chi connectivity index (χ1v) is 11.1. The van der Waals surface area contributed by atoms with Gasteiger partial charge in [0.2, 0.25) is 0 Å². The van der Waals surface area contributed by atoms with Gasteiger partial charge in [-0.15, -0.1) is 10.2 Å². The van der Waals surface area contributed by atoms with E-state index in [0.717, 1.165) is 29.5 Å². The second-order valence-electron chi connectivity index (χ2n) is 10.3. The number of rotatable bonds is 6. The summed E-state index contributed by atoms with van der Waals surface area (Å²) in [4.78, 5) is 6.87. The number of likely N-dealkylation sites (tertiary alicyclic amines) is 1. The average Bonchev–Trinajstić information content (AvgIpc) is 3.38. The standard InChI is InChI=1S/C24H35N5/c1-18-7-11-25-17-20(18)21-5-6-22(28-27-21)26-16-19-15-24(19)9-13-29(14-10-24)12-8-23(2,3)4/h5-7,11,17,19H,8-10,12-16H2,1-4H3,(H,26,28). The number of pyridine rings is 1. The molecule has 0 radical (unpaired) electrons. The van der Waals surface area contributed by atoms with E-state index in [0.29, 0.717) is 10.8 Å². The fourth-order valence-electron chi connectivity index (χ4n) is 4.58. The molecule has 2 aromatic rings. The molecule has 29 heavy (non-hydrogen) atoms. The molecule has 1 saturated heterocycles. The number of piperidine rings is 1. The fourth-order valence-corrected chi connectivity index (χ4v) is 4.58. The maximum atomic E-state index is 4.40. The van der Waals surface area contributed by atoms with Crippen LogP contribution in [-0.4, -0.2) is 46.3 Å². The van der Waals surface area contributed by atoms with Crippen LogP contribution in [0.2, 0.25) is 0 Å². The van der Waals surface area contributed by atoms with E-state index in [2.05, 4.69) is 53.1 Å². The van der Waals surface area contributed by atoms with Crippen LogP contribution in [0.1, 0.15) is 52.0 Å². The molecule has 0 amide bonds. The minimum Gasteiger partial charge on any atom is -0.368 e. The van der Waals surface area contributed by atoms with Gasteiger partial charge < -0.3 is 10.2 Å². The van der Waals surface area contributed by atoms with Crippen molar-refractivity contribution in [3.63, 3.8) is 0 Å². The Kier molecular flexibility index (Phi) is 5.60. The number of hydrogen-bond donors (Lipinski definition) is 1. The van der Waals surface area contributed by atoms with Gasteiger partial charge in [-0.1, -0.05) is 20.8 Å². The lowest BCUT2D eigenvalue weighted by Crippen LogP contribution is -2.37. The Labute approximate surface area is 175 Å². The summed E-state index contributed by atoms with van der Waals surface area (Å²) in [5.74, 6) is 1.66. The smallest absolute Gasteiger partial charge is 0.148 e. The molecule has 156 valence electrons. The molecule has 5 nitrogen and oxygen atoms in total. The van der Waals surface area contributed by atoms with Crippen molar-refractivity contribution in [2.75, 3.05) is 31.5 Å². The normalized spacial score (nSPS) is 21.3. The van der Waals surface area contributed by atoms with Crippen LogP contribution in [-0.2, 0) is 0 Å². The maximum Gasteiger partial charge on any atom is 0.148 e. The van der Waals surface area contributed by atoms with Gasteiger partial charge in [0.1, 0.15) is 5.82 Å². The van der Waals surface area contributed by atoms with Crippen LogP contribution in [0.25, 0.3) is 11.3 Å². The van der Waals surface area contributed by atoms with E-state index in [-0.39, 0.29) is 0 Å². The maximum absolute atomic E-state index is 4.40. The molecular formula is C24H35N5. The van der Waals surface area contributed by atoms with Crippen molar-refractivity contribution in [2.24, 2.45) is 16.7 Å². The van der Waals surface area contributed by atoms with E-state index in [9.17, 15) is 0 Å². The predicted molar refractivity (Wildman–Crippen MR) is 119 cm³/mol. The van der Waals surface area contributed by atoms with Gasteiger partial charge in [-0.3, -0.25) is 4.98 Å². The Morgan fingerprint density at radius 1 is 1.14 bits per heavy atom. The Morgan fingerprint density at radius 3 is 2.59 bits per heavy atom. The quantitative estimate of drug-likeness (QED) is 0.764. The largest absolute Gasteiger partial charge is 0.368 e. The SMILES string of the molecule is Cc1ccncc1-c1ccc(NCC2CC23CCN(CCC(C)(C)C)CC3)nn1. The lowest BCUT2D eigenvalue weighted by Gasteiger charge is -2.34. The first kappa shape index (κ1) is 20.3. The molecule has 1 atom stereocenters. The zero-order valence-electron chi connectivity index (χ0n) is 18.4. The Balaban J connectivity index is 1.24. The molecule has 1 N–H and O–H groups in total. The van der Waals surface area contributed by atoms with Crippen LogP contribution in [0.15, 0.2) is 30.6 Å². The van der Waals surface area contributed by atoms with Crippen molar-refractivity contribution in [3.05, 3.63) is 36.2 Å². The summed E-state index contributed by atoms with van der Waals surface area (Å²) < 4.78 is 0. The number of nitrogens with zero attached hydrogens (tertiary/aromatic N) is 4. The van der Waals surface area contributed by atoms with Gasteiger partial charge in [0.05, 0.1) is 5.69 Å². The molecule has 4 rings (SSSR count). The van der Waals surface area contributed by atoms with E-state index < -0.39 is 0 Å². The highest BCUT2D eigenvalue weighted by Gasteiger charge is 2.54. The zero-order chi connectivity index (χ0) is 20.5. The topological polar surface area (TPSA) is 53.9 Å². The molecule has 1 spiro atoms. The fraction of sp³-hybridized carbons (Fsp3) is 0.625. The molecule has 2 aliphatic rings. The van der Waals surface area contributed by atoms with Crippen molar-refractivity contribution >= 4 is 5.82 Å². The van der Waals surface area contributed by atoms with E-state index >= 15 is 0 Å². The number of nitrogens with one attached hydrogen (secondary N) is 1. The molecule has 2 fully saturated rings. The summed E-state index contributed by atoms with van der Waals surface area (Å²) in [6, 6.07) is 6.08.